The predicted molar refractivity (Wildman–Crippen MR) is 104 cm³/mol. The first kappa shape index (κ1) is 18.6. The molecule has 0 aliphatic carbocycles. The molecule has 0 unspecified atom stereocenters. The highest BCUT2D eigenvalue weighted by atomic mass is 16.5. The monoisotopic (exact) mass is 365 g/mol. The summed E-state index contributed by atoms with van der Waals surface area (Å²) in [4.78, 5) is 16.4. The van der Waals surface area contributed by atoms with Crippen molar-refractivity contribution >= 4 is 11.6 Å². The first-order chi connectivity index (χ1) is 13.2. The highest BCUT2D eigenvalue weighted by Gasteiger charge is 2.07. The lowest BCUT2D eigenvalue weighted by Crippen LogP contribution is -2.11. The molecule has 0 radical (unpaired) electrons. The molecule has 1 amide bonds. The number of aromatic amines is 1. The van der Waals surface area contributed by atoms with Gasteiger partial charge >= 0.3 is 0 Å². The Balaban J connectivity index is 1.47. The van der Waals surface area contributed by atoms with Gasteiger partial charge in [0.2, 0.25) is 5.91 Å². The molecule has 0 saturated carbocycles. The van der Waals surface area contributed by atoms with Gasteiger partial charge in [-0.3, -0.25) is 9.89 Å². The maximum atomic E-state index is 12.1. The van der Waals surface area contributed by atoms with Crippen LogP contribution in [-0.4, -0.2) is 28.2 Å². The Morgan fingerprint density at radius 2 is 1.89 bits per heavy atom. The van der Waals surface area contributed by atoms with Gasteiger partial charge in [-0.25, -0.2) is 4.98 Å². The number of ether oxygens (including phenoxy) is 1. The molecule has 7 heteroatoms. The molecule has 2 aromatic carbocycles. The fourth-order valence-electron chi connectivity index (χ4n) is 2.69. The number of nitrogens with zero attached hydrogens (tertiary/aromatic N) is 2. The average Bonchev–Trinajstić information content (AvgIpc) is 3.18. The van der Waals surface area contributed by atoms with Crippen molar-refractivity contribution in [3.8, 4) is 17.1 Å². The van der Waals surface area contributed by atoms with E-state index < -0.39 is 0 Å². The summed E-state index contributed by atoms with van der Waals surface area (Å²) in [6, 6.07) is 15.3. The van der Waals surface area contributed by atoms with Crippen molar-refractivity contribution in [1.82, 2.24) is 15.2 Å². The molecule has 1 aromatic heterocycles. The molecule has 0 aliphatic heterocycles. The number of anilines is 1. The third kappa shape index (κ3) is 5.15. The number of methoxy groups -OCH3 is 1. The van der Waals surface area contributed by atoms with E-state index >= 15 is 0 Å². The van der Waals surface area contributed by atoms with Gasteiger partial charge in [0.1, 0.15) is 11.6 Å². The minimum atomic E-state index is -0.000394. The van der Waals surface area contributed by atoms with Gasteiger partial charge in [0, 0.05) is 17.7 Å². The second-order valence-electron chi connectivity index (χ2n) is 6.14. The summed E-state index contributed by atoms with van der Waals surface area (Å²) in [6.07, 6.45) is 2.11. The van der Waals surface area contributed by atoms with Gasteiger partial charge in [0.05, 0.1) is 13.7 Å². The van der Waals surface area contributed by atoms with Crippen LogP contribution in [0.15, 0.2) is 48.5 Å². The summed E-state index contributed by atoms with van der Waals surface area (Å²) in [7, 11) is 1.65. The molecule has 0 aliphatic rings. The third-order valence-electron chi connectivity index (χ3n) is 4.18. The summed E-state index contributed by atoms with van der Waals surface area (Å²) < 4.78 is 5.14. The van der Waals surface area contributed by atoms with Crippen LogP contribution in [0, 0.1) is 0 Å². The summed E-state index contributed by atoms with van der Waals surface area (Å²) in [5.41, 5.74) is 8.33. The molecule has 0 saturated heterocycles. The average molecular weight is 365 g/mol. The molecule has 140 valence electrons. The zero-order chi connectivity index (χ0) is 19.1. The van der Waals surface area contributed by atoms with Gasteiger partial charge in [-0.2, -0.15) is 5.10 Å². The summed E-state index contributed by atoms with van der Waals surface area (Å²) in [5.74, 6) is 2.07. The van der Waals surface area contributed by atoms with Gasteiger partial charge in [-0.1, -0.05) is 12.1 Å². The van der Waals surface area contributed by atoms with E-state index in [1.54, 1.807) is 7.11 Å². The standard InChI is InChI=1S/C20H23N5O2/c1-27-17-11-5-14(6-12-17)3-2-4-19(26)22-16-9-7-15(8-10-16)20-23-18(13-21)24-25-20/h5-12H,2-4,13,21H2,1H3,(H,22,26)(H,23,24,25). The van der Waals surface area contributed by atoms with E-state index in [9.17, 15) is 4.79 Å². The van der Waals surface area contributed by atoms with Crippen LogP contribution in [0.5, 0.6) is 5.75 Å². The zero-order valence-corrected chi connectivity index (χ0v) is 15.2. The molecule has 1 heterocycles. The van der Waals surface area contributed by atoms with Crippen LogP contribution in [0.1, 0.15) is 24.2 Å². The lowest BCUT2D eigenvalue weighted by Gasteiger charge is -2.06. The van der Waals surface area contributed by atoms with E-state index in [0.717, 1.165) is 29.8 Å². The first-order valence-corrected chi connectivity index (χ1v) is 8.82. The topological polar surface area (TPSA) is 106 Å². The van der Waals surface area contributed by atoms with Crippen molar-refractivity contribution in [2.24, 2.45) is 5.73 Å². The molecule has 3 aromatic rings. The Hall–Kier alpha value is -3.19. The molecule has 0 bridgehead atoms. The highest BCUT2D eigenvalue weighted by molar-refractivity contribution is 5.90. The van der Waals surface area contributed by atoms with Crippen molar-refractivity contribution in [1.29, 1.82) is 0 Å². The van der Waals surface area contributed by atoms with E-state index in [4.69, 9.17) is 10.5 Å². The first-order valence-electron chi connectivity index (χ1n) is 8.82. The fourth-order valence-corrected chi connectivity index (χ4v) is 2.69. The maximum absolute atomic E-state index is 12.1. The van der Waals surface area contributed by atoms with E-state index in [1.807, 2.05) is 48.5 Å². The van der Waals surface area contributed by atoms with Crippen LogP contribution in [0.2, 0.25) is 0 Å². The van der Waals surface area contributed by atoms with Gasteiger partial charge in [0.25, 0.3) is 0 Å². The number of aromatic nitrogens is 3. The molecule has 27 heavy (non-hydrogen) atoms. The summed E-state index contributed by atoms with van der Waals surface area (Å²) >= 11 is 0. The quantitative estimate of drug-likeness (QED) is 0.569. The van der Waals surface area contributed by atoms with Crippen molar-refractivity contribution < 1.29 is 9.53 Å². The number of carbonyl (C=O) groups is 1. The normalized spacial score (nSPS) is 10.6. The number of nitrogens with two attached hydrogens (primary N) is 1. The zero-order valence-electron chi connectivity index (χ0n) is 15.2. The second kappa shape index (κ2) is 8.95. The number of hydrogen-bond acceptors (Lipinski definition) is 5. The van der Waals surface area contributed by atoms with E-state index in [2.05, 4.69) is 20.5 Å². The Kier molecular flexibility index (Phi) is 6.17. The van der Waals surface area contributed by atoms with Crippen molar-refractivity contribution in [2.75, 3.05) is 12.4 Å². The lowest BCUT2D eigenvalue weighted by atomic mass is 10.1. The Morgan fingerprint density at radius 3 is 2.52 bits per heavy atom. The molecule has 0 atom stereocenters. The van der Waals surface area contributed by atoms with Gasteiger partial charge in [0.15, 0.2) is 5.82 Å². The van der Waals surface area contributed by atoms with Gasteiger partial charge in [-0.15, -0.1) is 0 Å². The maximum Gasteiger partial charge on any atom is 0.224 e. The van der Waals surface area contributed by atoms with Crippen molar-refractivity contribution in [3.63, 3.8) is 0 Å². The number of H-pyrrole nitrogens is 1. The van der Waals surface area contributed by atoms with Crippen LogP contribution in [0.3, 0.4) is 0 Å². The Morgan fingerprint density at radius 1 is 1.15 bits per heavy atom. The number of benzene rings is 2. The van der Waals surface area contributed by atoms with Crippen molar-refractivity contribution in [2.45, 2.75) is 25.8 Å². The minimum absolute atomic E-state index is 0.000394. The highest BCUT2D eigenvalue weighted by Crippen LogP contribution is 2.18. The number of nitrogens with one attached hydrogen (secondary N) is 2. The number of amides is 1. The second-order valence-corrected chi connectivity index (χ2v) is 6.14. The molecule has 0 fully saturated rings. The summed E-state index contributed by atoms with van der Waals surface area (Å²) in [5, 5.41) is 9.81. The largest absolute Gasteiger partial charge is 0.497 e. The van der Waals surface area contributed by atoms with E-state index in [0.29, 0.717) is 24.6 Å². The Labute approximate surface area is 158 Å². The molecule has 7 nitrogen and oxygen atoms in total. The predicted octanol–water partition coefficient (Wildman–Crippen LogP) is 2.90. The number of carbonyl (C=O) groups excluding carboxylic acids is 1. The molecular formula is C20H23N5O2. The van der Waals surface area contributed by atoms with Crippen LogP contribution < -0.4 is 15.8 Å². The SMILES string of the molecule is COc1ccc(CCCC(=O)Nc2ccc(-c3n[nH]c(CN)n3)cc2)cc1. The van der Waals surface area contributed by atoms with E-state index in [1.165, 1.54) is 5.56 Å². The molecule has 0 spiro atoms. The molecular weight excluding hydrogens is 342 g/mol. The summed E-state index contributed by atoms with van der Waals surface area (Å²) in [6.45, 7) is 0.317. The van der Waals surface area contributed by atoms with Crippen LogP contribution in [-0.2, 0) is 17.8 Å². The number of hydrogen-bond donors (Lipinski definition) is 3. The minimum Gasteiger partial charge on any atom is -0.497 e. The van der Waals surface area contributed by atoms with Crippen molar-refractivity contribution in [3.05, 3.63) is 59.9 Å². The molecule has 4 N–H and O–H groups in total. The van der Waals surface area contributed by atoms with E-state index in [-0.39, 0.29) is 5.91 Å². The smallest absolute Gasteiger partial charge is 0.224 e. The number of rotatable bonds is 8. The third-order valence-corrected chi connectivity index (χ3v) is 4.18. The van der Waals surface area contributed by atoms with Crippen LogP contribution >= 0.6 is 0 Å². The van der Waals surface area contributed by atoms with Gasteiger partial charge in [-0.05, 0) is 54.8 Å². The number of aryl methyl sites for hydroxylation is 1. The van der Waals surface area contributed by atoms with Crippen LogP contribution in [0.25, 0.3) is 11.4 Å². The Bertz CT molecular complexity index is 872. The van der Waals surface area contributed by atoms with Crippen LogP contribution in [0.4, 0.5) is 5.69 Å². The fraction of sp³-hybridized carbons (Fsp3) is 0.250. The molecule has 3 rings (SSSR count). The van der Waals surface area contributed by atoms with Gasteiger partial charge < -0.3 is 15.8 Å². The lowest BCUT2D eigenvalue weighted by molar-refractivity contribution is -0.116.